The summed E-state index contributed by atoms with van der Waals surface area (Å²) in [5.74, 6) is -0.00353. The molecule has 0 fully saturated rings. The van der Waals surface area contributed by atoms with Crippen LogP contribution >= 0.6 is 23.1 Å². The lowest BCUT2D eigenvalue weighted by atomic mass is 10.2. The zero-order valence-corrected chi connectivity index (χ0v) is 12.4. The molecule has 0 spiro atoms. The first kappa shape index (κ1) is 15.0. The van der Waals surface area contributed by atoms with E-state index in [1.165, 1.54) is 23.1 Å². The Kier molecular flexibility index (Phi) is 5.61. The molecule has 18 heavy (non-hydrogen) atoms. The highest BCUT2D eigenvalue weighted by Crippen LogP contribution is 2.25. The van der Waals surface area contributed by atoms with Crippen molar-refractivity contribution < 1.29 is 9.53 Å². The third-order valence-electron chi connectivity index (χ3n) is 1.54. The summed E-state index contributed by atoms with van der Waals surface area (Å²) in [5.41, 5.74) is -0.449. The van der Waals surface area contributed by atoms with Gasteiger partial charge in [0.25, 0.3) is 0 Å². The van der Waals surface area contributed by atoms with E-state index in [1.54, 1.807) is 6.08 Å². The maximum Gasteiger partial charge on any atom is 0.316 e. The van der Waals surface area contributed by atoms with Gasteiger partial charge in [0, 0.05) is 6.54 Å². The first-order valence-corrected chi connectivity index (χ1v) is 7.24. The van der Waals surface area contributed by atoms with E-state index in [1.807, 2.05) is 20.8 Å². The minimum atomic E-state index is -0.449. The summed E-state index contributed by atoms with van der Waals surface area (Å²) in [4.78, 5) is 11.5. The summed E-state index contributed by atoms with van der Waals surface area (Å²) < 4.78 is 5.94. The fourth-order valence-electron chi connectivity index (χ4n) is 0.991. The number of aromatic nitrogens is 2. The normalized spacial score (nSPS) is 11.1. The molecule has 0 saturated heterocycles. The molecule has 0 saturated carbocycles. The van der Waals surface area contributed by atoms with Crippen molar-refractivity contribution in [1.29, 1.82) is 0 Å². The second-order valence-corrected chi connectivity index (χ2v) is 6.62. The lowest BCUT2D eigenvalue weighted by Crippen LogP contribution is -2.24. The highest BCUT2D eigenvalue weighted by molar-refractivity contribution is 8.01. The van der Waals surface area contributed by atoms with Gasteiger partial charge in [-0.25, -0.2) is 0 Å². The predicted molar refractivity (Wildman–Crippen MR) is 75.2 cm³/mol. The number of thioether (sulfide) groups is 1. The molecule has 1 heterocycles. The average molecular weight is 287 g/mol. The monoisotopic (exact) mass is 287 g/mol. The van der Waals surface area contributed by atoms with Gasteiger partial charge in [-0.3, -0.25) is 4.79 Å². The number of hydrogen-bond acceptors (Lipinski definition) is 7. The number of carbonyl (C=O) groups is 1. The van der Waals surface area contributed by atoms with Crippen molar-refractivity contribution in [2.45, 2.75) is 30.7 Å². The summed E-state index contributed by atoms with van der Waals surface area (Å²) >= 11 is 2.73. The quantitative estimate of drug-likeness (QED) is 0.493. The van der Waals surface area contributed by atoms with E-state index in [2.05, 4.69) is 22.1 Å². The van der Waals surface area contributed by atoms with Crippen LogP contribution in [0.15, 0.2) is 17.0 Å². The Morgan fingerprint density at radius 2 is 2.28 bits per heavy atom. The molecule has 0 aliphatic rings. The molecule has 0 atom stereocenters. The van der Waals surface area contributed by atoms with E-state index in [0.29, 0.717) is 6.54 Å². The van der Waals surface area contributed by atoms with Crippen LogP contribution < -0.4 is 5.32 Å². The van der Waals surface area contributed by atoms with Crippen molar-refractivity contribution in [2.75, 3.05) is 17.6 Å². The Morgan fingerprint density at radius 1 is 1.56 bits per heavy atom. The number of nitrogens with zero attached hydrogens (tertiary/aromatic N) is 2. The summed E-state index contributed by atoms with van der Waals surface area (Å²) in [7, 11) is 0. The average Bonchev–Trinajstić information content (AvgIpc) is 2.69. The van der Waals surface area contributed by atoms with Gasteiger partial charge in [0.05, 0.1) is 5.75 Å². The van der Waals surface area contributed by atoms with Crippen LogP contribution in [-0.4, -0.2) is 34.1 Å². The van der Waals surface area contributed by atoms with Crippen molar-refractivity contribution in [3.8, 4) is 0 Å². The predicted octanol–water partition coefficient (Wildman–Crippen LogP) is 2.57. The van der Waals surface area contributed by atoms with Gasteiger partial charge in [-0.05, 0) is 20.8 Å². The number of rotatable bonds is 6. The third-order valence-corrected chi connectivity index (χ3v) is 3.53. The first-order valence-electron chi connectivity index (χ1n) is 5.43. The molecule has 0 amide bonds. The maximum atomic E-state index is 11.5. The van der Waals surface area contributed by atoms with E-state index in [-0.39, 0.29) is 11.7 Å². The lowest BCUT2D eigenvalue weighted by Gasteiger charge is -2.18. The van der Waals surface area contributed by atoms with Gasteiger partial charge in [-0.1, -0.05) is 29.2 Å². The summed E-state index contributed by atoms with van der Waals surface area (Å²) in [5, 5.41) is 11.7. The molecular weight excluding hydrogens is 270 g/mol. The van der Waals surface area contributed by atoms with Gasteiger partial charge in [0.2, 0.25) is 5.13 Å². The molecule has 0 bridgehead atoms. The van der Waals surface area contributed by atoms with E-state index in [9.17, 15) is 4.79 Å². The van der Waals surface area contributed by atoms with E-state index in [0.717, 1.165) is 9.47 Å². The Labute approximate surface area is 115 Å². The Morgan fingerprint density at radius 3 is 2.89 bits per heavy atom. The molecule has 0 radical (unpaired) electrons. The number of anilines is 1. The molecule has 100 valence electrons. The van der Waals surface area contributed by atoms with Crippen LogP contribution in [-0.2, 0) is 9.53 Å². The van der Waals surface area contributed by atoms with Crippen molar-refractivity contribution in [2.24, 2.45) is 0 Å². The first-order chi connectivity index (χ1) is 8.40. The largest absolute Gasteiger partial charge is 0.459 e. The SMILES string of the molecule is C=CCNc1nnc(SCC(=O)OC(C)(C)C)s1. The molecule has 1 aromatic heterocycles. The summed E-state index contributed by atoms with van der Waals surface area (Å²) in [6.45, 7) is 9.78. The second kappa shape index (κ2) is 6.75. The fourth-order valence-corrected chi connectivity index (χ4v) is 2.52. The zero-order chi connectivity index (χ0) is 13.6. The van der Waals surface area contributed by atoms with Crippen LogP contribution in [0.1, 0.15) is 20.8 Å². The van der Waals surface area contributed by atoms with E-state index in [4.69, 9.17) is 4.74 Å². The highest BCUT2D eigenvalue weighted by atomic mass is 32.2. The van der Waals surface area contributed by atoms with E-state index >= 15 is 0 Å². The molecule has 0 aromatic carbocycles. The van der Waals surface area contributed by atoms with Gasteiger partial charge in [-0.2, -0.15) is 0 Å². The van der Waals surface area contributed by atoms with E-state index < -0.39 is 5.60 Å². The topological polar surface area (TPSA) is 64.1 Å². The maximum absolute atomic E-state index is 11.5. The standard InChI is InChI=1S/C11H17N3O2S2/c1-5-6-12-9-13-14-10(18-9)17-7-8(15)16-11(2,3)4/h5H,1,6-7H2,2-4H3,(H,12,13). The molecular formula is C11H17N3O2S2. The van der Waals surface area contributed by atoms with Gasteiger partial charge >= 0.3 is 5.97 Å². The van der Waals surface area contributed by atoms with Gasteiger partial charge < -0.3 is 10.1 Å². The summed E-state index contributed by atoms with van der Waals surface area (Å²) in [6.07, 6.45) is 1.74. The number of carbonyl (C=O) groups excluding carboxylic acids is 1. The van der Waals surface area contributed by atoms with Crippen molar-refractivity contribution in [1.82, 2.24) is 10.2 Å². The zero-order valence-electron chi connectivity index (χ0n) is 10.7. The molecule has 1 N–H and O–H groups in total. The molecule has 0 aliphatic carbocycles. The highest BCUT2D eigenvalue weighted by Gasteiger charge is 2.17. The molecule has 7 heteroatoms. The third kappa shape index (κ3) is 6.02. The van der Waals surface area contributed by atoms with Crippen LogP contribution in [0.5, 0.6) is 0 Å². The Hall–Kier alpha value is -1.08. The Balaban J connectivity index is 2.37. The number of nitrogens with one attached hydrogen (secondary N) is 1. The second-order valence-electron chi connectivity index (χ2n) is 4.42. The molecule has 0 aliphatic heterocycles. The number of ether oxygens (including phenoxy) is 1. The lowest BCUT2D eigenvalue weighted by molar-refractivity contribution is -0.151. The van der Waals surface area contributed by atoms with Crippen LogP contribution in [0.25, 0.3) is 0 Å². The minimum Gasteiger partial charge on any atom is -0.459 e. The summed E-state index contributed by atoms with van der Waals surface area (Å²) in [6, 6.07) is 0. The van der Waals surface area contributed by atoms with Crippen molar-refractivity contribution >= 4 is 34.2 Å². The van der Waals surface area contributed by atoms with Crippen LogP contribution in [0.3, 0.4) is 0 Å². The molecule has 1 rings (SSSR count). The number of esters is 1. The van der Waals surface area contributed by atoms with Crippen molar-refractivity contribution in [3.05, 3.63) is 12.7 Å². The number of hydrogen-bond donors (Lipinski definition) is 1. The van der Waals surface area contributed by atoms with Gasteiger partial charge in [-0.15, -0.1) is 16.8 Å². The van der Waals surface area contributed by atoms with Crippen LogP contribution in [0.2, 0.25) is 0 Å². The van der Waals surface area contributed by atoms with Crippen molar-refractivity contribution in [3.63, 3.8) is 0 Å². The fraction of sp³-hybridized carbons (Fsp3) is 0.545. The van der Waals surface area contributed by atoms with Crippen LogP contribution in [0.4, 0.5) is 5.13 Å². The van der Waals surface area contributed by atoms with Gasteiger partial charge in [0.15, 0.2) is 4.34 Å². The van der Waals surface area contributed by atoms with Gasteiger partial charge in [0.1, 0.15) is 5.60 Å². The molecule has 0 unspecified atom stereocenters. The smallest absolute Gasteiger partial charge is 0.316 e. The molecule has 5 nitrogen and oxygen atoms in total. The molecule has 1 aromatic rings. The van der Waals surface area contributed by atoms with Crippen LogP contribution in [0, 0.1) is 0 Å². The minimum absolute atomic E-state index is 0.243. The Bertz CT molecular complexity index is 413.